The molecule has 2 aromatic carbocycles. The van der Waals surface area contributed by atoms with Crippen molar-refractivity contribution in [2.75, 3.05) is 29.4 Å². The highest BCUT2D eigenvalue weighted by atomic mass is 35.5. The SMILES string of the molecule is CS(=O)(=O)N(CC(=O)NCCSCc1ccc(Cl)cc1Cl)c1ccc(Cl)cc1. The number of thioether (sulfide) groups is 1. The molecule has 0 aliphatic carbocycles. The molecular weight excluding hydrogens is 463 g/mol. The fraction of sp³-hybridized carbons (Fsp3) is 0.278. The average molecular weight is 482 g/mol. The molecule has 0 unspecified atom stereocenters. The van der Waals surface area contributed by atoms with Crippen LogP contribution < -0.4 is 9.62 Å². The molecule has 10 heteroatoms. The van der Waals surface area contributed by atoms with Gasteiger partial charge in [-0.1, -0.05) is 40.9 Å². The van der Waals surface area contributed by atoms with Crippen LogP contribution in [0.1, 0.15) is 5.56 Å². The van der Waals surface area contributed by atoms with Crippen LogP contribution in [-0.2, 0) is 20.6 Å². The Morgan fingerprint density at radius 3 is 2.32 bits per heavy atom. The minimum Gasteiger partial charge on any atom is -0.354 e. The first-order chi connectivity index (χ1) is 13.2. The highest BCUT2D eigenvalue weighted by Gasteiger charge is 2.20. The first-order valence-corrected chi connectivity index (χ1v) is 12.3. The number of sulfonamides is 1. The maximum Gasteiger partial charge on any atom is 0.240 e. The fourth-order valence-corrected chi connectivity index (χ4v) is 4.68. The van der Waals surface area contributed by atoms with E-state index in [1.54, 1.807) is 48.2 Å². The van der Waals surface area contributed by atoms with Crippen LogP contribution >= 0.6 is 46.6 Å². The highest BCUT2D eigenvalue weighted by Crippen LogP contribution is 2.24. The van der Waals surface area contributed by atoms with Crippen LogP contribution in [0.2, 0.25) is 15.1 Å². The molecule has 1 amide bonds. The predicted molar refractivity (Wildman–Crippen MR) is 119 cm³/mol. The van der Waals surface area contributed by atoms with Crippen LogP contribution in [0.4, 0.5) is 5.69 Å². The van der Waals surface area contributed by atoms with Crippen molar-refractivity contribution in [1.29, 1.82) is 0 Å². The van der Waals surface area contributed by atoms with E-state index in [1.165, 1.54) is 0 Å². The summed E-state index contributed by atoms with van der Waals surface area (Å²) in [4.78, 5) is 12.2. The van der Waals surface area contributed by atoms with Gasteiger partial charge in [-0.15, -0.1) is 0 Å². The molecule has 0 saturated carbocycles. The highest BCUT2D eigenvalue weighted by molar-refractivity contribution is 7.98. The molecule has 0 spiro atoms. The number of amides is 1. The Labute approximate surface area is 184 Å². The van der Waals surface area contributed by atoms with E-state index in [-0.39, 0.29) is 12.5 Å². The van der Waals surface area contributed by atoms with Gasteiger partial charge in [-0.2, -0.15) is 11.8 Å². The minimum absolute atomic E-state index is 0.297. The number of rotatable bonds is 9. The number of halogens is 3. The number of benzene rings is 2. The Hall–Kier alpha value is -1.12. The molecule has 28 heavy (non-hydrogen) atoms. The van der Waals surface area contributed by atoms with Gasteiger partial charge in [0.05, 0.1) is 11.9 Å². The summed E-state index contributed by atoms with van der Waals surface area (Å²) in [6.45, 7) is 0.112. The number of anilines is 1. The molecule has 1 N–H and O–H groups in total. The quantitative estimate of drug-likeness (QED) is 0.537. The van der Waals surface area contributed by atoms with Crippen molar-refractivity contribution in [3.8, 4) is 0 Å². The van der Waals surface area contributed by atoms with Crippen LogP contribution in [0.15, 0.2) is 42.5 Å². The van der Waals surface area contributed by atoms with E-state index in [0.29, 0.717) is 38.8 Å². The summed E-state index contributed by atoms with van der Waals surface area (Å²) < 4.78 is 25.1. The van der Waals surface area contributed by atoms with Crippen molar-refractivity contribution in [2.24, 2.45) is 0 Å². The lowest BCUT2D eigenvalue weighted by molar-refractivity contribution is -0.119. The van der Waals surface area contributed by atoms with Gasteiger partial charge in [0, 0.05) is 33.1 Å². The molecule has 0 aromatic heterocycles. The molecule has 0 fully saturated rings. The lowest BCUT2D eigenvalue weighted by atomic mass is 10.2. The second-order valence-electron chi connectivity index (χ2n) is 5.88. The van der Waals surface area contributed by atoms with Crippen LogP contribution in [0.25, 0.3) is 0 Å². The number of carbonyl (C=O) groups excluding carboxylic acids is 1. The van der Waals surface area contributed by atoms with Crippen LogP contribution in [-0.4, -0.2) is 39.4 Å². The second kappa shape index (κ2) is 10.6. The zero-order valence-corrected chi connectivity index (χ0v) is 18.9. The molecule has 0 heterocycles. The molecular formula is C18H19Cl3N2O3S2. The van der Waals surface area contributed by atoms with E-state index in [2.05, 4.69) is 5.32 Å². The average Bonchev–Trinajstić information content (AvgIpc) is 2.61. The van der Waals surface area contributed by atoms with Crippen molar-refractivity contribution in [3.05, 3.63) is 63.1 Å². The summed E-state index contributed by atoms with van der Waals surface area (Å²) in [5.41, 5.74) is 1.35. The summed E-state index contributed by atoms with van der Waals surface area (Å²) in [6, 6.07) is 11.6. The first-order valence-electron chi connectivity index (χ1n) is 8.18. The molecule has 5 nitrogen and oxygen atoms in total. The molecule has 0 bridgehead atoms. The Balaban J connectivity index is 1.82. The summed E-state index contributed by atoms with van der Waals surface area (Å²) in [6.07, 6.45) is 1.06. The normalized spacial score (nSPS) is 11.3. The predicted octanol–water partition coefficient (Wildman–Crippen LogP) is 4.46. The van der Waals surface area contributed by atoms with E-state index in [4.69, 9.17) is 34.8 Å². The summed E-state index contributed by atoms with van der Waals surface area (Å²) in [7, 11) is -3.61. The zero-order chi connectivity index (χ0) is 20.7. The van der Waals surface area contributed by atoms with Crippen molar-refractivity contribution < 1.29 is 13.2 Å². The molecule has 0 atom stereocenters. The maximum atomic E-state index is 12.2. The fourth-order valence-electron chi connectivity index (χ4n) is 2.28. The smallest absolute Gasteiger partial charge is 0.240 e. The van der Waals surface area contributed by atoms with Crippen molar-refractivity contribution in [1.82, 2.24) is 5.32 Å². The lowest BCUT2D eigenvalue weighted by Crippen LogP contribution is -2.41. The molecule has 2 rings (SSSR count). The topological polar surface area (TPSA) is 66.5 Å². The van der Waals surface area contributed by atoms with Gasteiger partial charge < -0.3 is 5.32 Å². The number of hydrogen-bond acceptors (Lipinski definition) is 4. The van der Waals surface area contributed by atoms with Gasteiger partial charge >= 0.3 is 0 Å². The van der Waals surface area contributed by atoms with E-state index in [0.717, 1.165) is 16.1 Å². The first kappa shape index (κ1) is 23.2. The zero-order valence-electron chi connectivity index (χ0n) is 15.0. The standard InChI is InChI=1S/C18H19Cl3N2O3S2/c1-28(25,26)23(16-6-4-14(19)5-7-16)11-18(24)22-8-9-27-12-13-2-3-15(20)10-17(13)21/h2-7,10H,8-9,11-12H2,1H3,(H,22,24). The largest absolute Gasteiger partial charge is 0.354 e. The Morgan fingerprint density at radius 1 is 1.07 bits per heavy atom. The third-order valence-electron chi connectivity index (χ3n) is 3.64. The van der Waals surface area contributed by atoms with Crippen molar-refractivity contribution in [3.63, 3.8) is 0 Å². The van der Waals surface area contributed by atoms with Gasteiger partial charge in [0.15, 0.2) is 0 Å². The molecule has 0 aliphatic heterocycles. The van der Waals surface area contributed by atoms with Crippen LogP contribution in [0, 0.1) is 0 Å². The molecule has 2 aromatic rings. The van der Waals surface area contributed by atoms with E-state index < -0.39 is 10.0 Å². The van der Waals surface area contributed by atoms with Gasteiger partial charge in [0.25, 0.3) is 0 Å². The Morgan fingerprint density at radius 2 is 1.71 bits per heavy atom. The Bertz CT molecular complexity index is 922. The molecule has 0 saturated heterocycles. The third-order valence-corrected chi connectivity index (χ3v) is 6.63. The van der Waals surface area contributed by atoms with E-state index >= 15 is 0 Å². The second-order valence-corrected chi connectivity index (χ2v) is 10.2. The summed E-state index contributed by atoms with van der Waals surface area (Å²) >= 11 is 19.4. The van der Waals surface area contributed by atoms with Crippen molar-refractivity contribution >= 4 is 68.2 Å². The van der Waals surface area contributed by atoms with Gasteiger partial charge in [-0.3, -0.25) is 9.10 Å². The maximum absolute atomic E-state index is 12.2. The molecule has 0 radical (unpaired) electrons. The molecule has 152 valence electrons. The van der Waals surface area contributed by atoms with Gasteiger partial charge in [-0.05, 0) is 42.0 Å². The van der Waals surface area contributed by atoms with Gasteiger partial charge in [0.2, 0.25) is 15.9 Å². The Kier molecular flexibility index (Phi) is 8.77. The number of nitrogens with one attached hydrogen (secondary N) is 1. The van der Waals surface area contributed by atoms with E-state index in [9.17, 15) is 13.2 Å². The van der Waals surface area contributed by atoms with Crippen LogP contribution in [0.5, 0.6) is 0 Å². The monoisotopic (exact) mass is 480 g/mol. The minimum atomic E-state index is -3.61. The van der Waals surface area contributed by atoms with Gasteiger partial charge in [0.1, 0.15) is 6.54 Å². The molecule has 0 aliphatic rings. The number of carbonyl (C=O) groups is 1. The number of hydrogen-bond donors (Lipinski definition) is 1. The van der Waals surface area contributed by atoms with E-state index in [1.807, 2.05) is 6.07 Å². The van der Waals surface area contributed by atoms with Crippen molar-refractivity contribution in [2.45, 2.75) is 5.75 Å². The lowest BCUT2D eigenvalue weighted by Gasteiger charge is -2.21. The summed E-state index contributed by atoms with van der Waals surface area (Å²) in [5, 5.41) is 4.41. The van der Waals surface area contributed by atoms with Crippen LogP contribution in [0.3, 0.4) is 0 Å². The summed E-state index contributed by atoms with van der Waals surface area (Å²) in [5.74, 6) is 0.960. The van der Waals surface area contributed by atoms with Gasteiger partial charge in [-0.25, -0.2) is 8.42 Å². The third kappa shape index (κ3) is 7.37. The number of nitrogens with zero attached hydrogens (tertiary/aromatic N) is 1.